The molecule has 5 nitrogen and oxygen atoms in total. The minimum absolute atomic E-state index is 0.0950. The van der Waals surface area contributed by atoms with E-state index in [-0.39, 0.29) is 11.4 Å². The summed E-state index contributed by atoms with van der Waals surface area (Å²) in [7, 11) is -3.98. The zero-order chi connectivity index (χ0) is 24.7. The van der Waals surface area contributed by atoms with E-state index in [4.69, 9.17) is 34.8 Å². The van der Waals surface area contributed by atoms with Crippen molar-refractivity contribution in [3.8, 4) is 0 Å². The standard InChI is InChI=1S/C24H23Cl3N2O3S2/c1-17-21(26)8-5-9-23(17)29(34(31,32)20-6-3-2-4-7-20)15-24(30)28-12-13-33-16-18-10-11-19(25)14-22(18)27/h2-11,14H,12-13,15-16H2,1H3,(H,28,30). The summed E-state index contributed by atoms with van der Waals surface area (Å²) in [5.74, 6) is 0.887. The number of amides is 1. The molecule has 3 rings (SSSR count). The number of thioether (sulfide) groups is 1. The summed E-state index contributed by atoms with van der Waals surface area (Å²) in [6, 6.07) is 18.3. The van der Waals surface area contributed by atoms with Crippen molar-refractivity contribution in [1.29, 1.82) is 0 Å². The van der Waals surface area contributed by atoms with Crippen LogP contribution in [0.3, 0.4) is 0 Å². The molecule has 0 atom stereocenters. The molecule has 0 radical (unpaired) electrons. The Balaban J connectivity index is 1.66. The zero-order valence-corrected chi connectivity index (χ0v) is 22.2. The molecule has 0 bridgehead atoms. The van der Waals surface area contributed by atoms with Crippen LogP contribution in [0.1, 0.15) is 11.1 Å². The Morgan fingerprint density at radius 1 is 0.971 bits per heavy atom. The molecule has 0 fully saturated rings. The lowest BCUT2D eigenvalue weighted by Gasteiger charge is -2.26. The Hall–Kier alpha value is -1.90. The van der Waals surface area contributed by atoms with E-state index in [0.717, 1.165) is 9.87 Å². The fourth-order valence-electron chi connectivity index (χ4n) is 3.16. The van der Waals surface area contributed by atoms with Gasteiger partial charge in [0.25, 0.3) is 10.0 Å². The number of anilines is 1. The highest BCUT2D eigenvalue weighted by Gasteiger charge is 2.28. The van der Waals surface area contributed by atoms with E-state index in [1.165, 1.54) is 12.1 Å². The lowest BCUT2D eigenvalue weighted by molar-refractivity contribution is -0.119. The monoisotopic (exact) mass is 556 g/mol. The van der Waals surface area contributed by atoms with E-state index < -0.39 is 15.9 Å². The number of carbonyl (C=O) groups is 1. The van der Waals surface area contributed by atoms with Gasteiger partial charge in [0.2, 0.25) is 5.91 Å². The molecule has 0 aromatic heterocycles. The first kappa shape index (κ1) is 26.7. The van der Waals surface area contributed by atoms with E-state index in [9.17, 15) is 13.2 Å². The summed E-state index contributed by atoms with van der Waals surface area (Å²) in [5.41, 5.74) is 1.89. The Kier molecular flexibility index (Phi) is 9.56. The number of nitrogens with zero attached hydrogens (tertiary/aromatic N) is 1. The third-order valence-electron chi connectivity index (χ3n) is 4.97. The molecule has 0 heterocycles. The van der Waals surface area contributed by atoms with E-state index in [1.807, 2.05) is 6.07 Å². The van der Waals surface area contributed by atoms with E-state index in [1.54, 1.807) is 67.2 Å². The van der Waals surface area contributed by atoms with Gasteiger partial charge in [-0.25, -0.2) is 8.42 Å². The minimum Gasteiger partial charge on any atom is -0.354 e. The molecule has 0 unspecified atom stereocenters. The van der Waals surface area contributed by atoms with Crippen LogP contribution in [0.15, 0.2) is 71.6 Å². The highest BCUT2D eigenvalue weighted by molar-refractivity contribution is 7.98. The number of halogens is 3. The zero-order valence-electron chi connectivity index (χ0n) is 18.3. The van der Waals surface area contributed by atoms with Crippen molar-refractivity contribution in [1.82, 2.24) is 5.32 Å². The number of benzene rings is 3. The van der Waals surface area contributed by atoms with Crippen molar-refractivity contribution in [2.24, 2.45) is 0 Å². The molecule has 34 heavy (non-hydrogen) atoms. The number of rotatable bonds is 10. The Morgan fingerprint density at radius 3 is 2.41 bits per heavy atom. The minimum atomic E-state index is -3.98. The molecule has 0 aliphatic carbocycles. The average molecular weight is 558 g/mol. The quantitative estimate of drug-likeness (QED) is 0.301. The molecule has 10 heteroatoms. The topological polar surface area (TPSA) is 66.5 Å². The number of sulfonamides is 1. The molecule has 3 aromatic carbocycles. The van der Waals surface area contributed by atoms with E-state index in [0.29, 0.717) is 44.4 Å². The molecule has 0 spiro atoms. The molecule has 3 aromatic rings. The number of nitrogens with one attached hydrogen (secondary N) is 1. The van der Waals surface area contributed by atoms with Crippen molar-refractivity contribution in [2.45, 2.75) is 17.6 Å². The van der Waals surface area contributed by atoms with Gasteiger partial charge < -0.3 is 5.32 Å². The molecule has 0 aliphatic rings. The summed E-state index contributed by atoms with van der Waals surface area (Å²) in [6.45, 7) is 1.73. The van der Waals surface area contributed by atoms with Crippen LogP contribution in [0.2, 0.25) is 15.1 Å². The van der Waals surface area contributed by atoms with Gasteiger partial charge in [0.05, 0.1) is 10.6 Å². The van der Waals surface area contributed by atoms with Crippen LogP contribution in [-0.4, -0.2) is 33.2 Å². The summed E-state index contributed by atoms with van der Waals surface area (Å²) in [6.07, 6.45) is 0. The lowest BCUT2D eigenvalue weighted by atomic mass is 10.2. The largest absolute Gasteiger partial charge is 0.354 e. The maximum atomic E-state index is 13.4. The molecule has 0 saturated heterocycles. The average Bonchev–Trinajstić information content (AvgIpc) is 2.81. The summed E-state index contributed by atoms with van der Waals surface area (Å²) >= 11 is 19.9. The van der Waals surface area contributed by atoms with Gasteiger partial charge in [-0.3, -0.25) is 9.10 Å². The van der Waals surface area contributed by atoms with Crippen LogP contribution < -0.4 is 9.62 Å². The Labute approximate surface area is 219 Å². The molecule has 0 aliphatic heterocycles. The first-order chi connectivity index (χ1) is 16.2. The van der Waals surface area contributed by atoms with Crippen molar-refractivity contribution >= 4 is 68.2 Å². The SMILES string of the molecule is Cc1c(Cl)cccc1N(CC(=O)NCCSCc1ccc(Cl)cc1Cl)S(=O)(=O)c1ccccc1. The summed E-state index contributed by atoms with van der Waals surface area (Å²) in [4.78, 5) is 12.8. The van der Waals surface area contributed by atoms with Gasteiger partial charge in [0.1, 0.15) is 6.54 Å². The van der Waals surface area contributed by atoms with Gasteiger partial charge in [-0.1, -0.05) is 65.1 Å². The smallest absolute Gasteiger partial charge is 0.264 e. The van der Waals surface area contributed by atoms with Crippen LogP contribution >= 0.6 is 46.6 Å². The Morgan fingerprint density at radius 2 is 1.71 bits per heavy atom. The number of carbonyl (C=O) groups excluding carboxylic acids is 1. The third-order valence-corrected chi connectivity index (χ3v) is 8.75. The lowest BCUT2D eigenvalue weighted by Crippen LogP contribution is -2.41. The van der Waals surface area contributed by atoms with Crippen molar-refractivity contribution in [3.63, 3.8) is 0 Å². The maximum absolute atomic E-state index is 13.4. The molecule has 0 saturated carbocycles. The number of hydrogen-bond acceptors (Lipinski definition) is 4. The van der Waals surface area contributed by atoms with Gasteiger partial charge in [0, 0.05) is 33.1 Å². The van der Waals surface area contributed by atoms with Crippen LogP contribution in [0, 0.1) is 6.92 Å². The fraction of sp³-hybridized carbons (Fsp3) is 0.208. The second-order valence-electron chi connectivity index (χ2n) is 7.35. The summed E-state index contributed by atoms with van der Waals surface area (Å²) < 4.78 is 27.9. The van der Waals surface area contributed by atoms with Crippen molar-refractivity contribution in [2.75, 3.05) is 23.1 Å². The van der Waals surface area contributed by atoms with Crippen LogP contribution in [-0.2, 0) is 20.6 Å². The van der Waals surface area contributed by atoms with Gasteiger partial charge in [0.15, 0.2) is 0 Å². The molecular formula is C24H23Cl3N2O3S2. The van der Waals surface area contributed by atoms with Crippen LogP contribution in [0.25, 0.3) is 0 Å². The first-order valence-electron chi connectivity index (χ1n) is 10.3. The predicted molar refractivity (Wildman–Crippen MR) is 143 cm³/mol. The van der Waals surface area contributed by atoms with Gasteiger partial charge in [-0.05, 0) is 54.4 Å². The van der Waals surface area contributed by atoms with Crippen LogP contribution in [0.5, 0.6) is 0 Å². The second kappa shape index (κ2) is 12.2. The van der Waals surface area contributed by atoms with Gasteiger partial charge in [-0.15, -0.1) is 0 Å². The maximum Gasteiger partial charge on any atom is 0.264 e. The fourth-order valence-corrected chi connectivity index (χ4v) is 6.24. The molecule has 180 valence electrons. The van der Waals surface area contributed by atoms with Crippen molar-refractivity contribution < 1.29 is 13.2 Å². The highest BCUT2D eigenvalue weighted by atomic mass is 35.5. The molecular weight excluding hydrogens is 535 g/mol. The van der Waals surface area contributed by atoms with Crippen LogP contribution in [0.4, 0.5) is 5.69 Å². The number of hydrogen-bond donors (Lipinski definition) is 1. The first-order valence-corrected chi connectivity index (χ1v) is 14.0. The third kappa shape index (κ3) is 6.83. The van der Waals surface area contributed by atoms with Gasteiger partial charge in [-0.2, -0.15) is 11.8 Å². The van der Waals surface area contributed by atoms with E-state index >= 15 is 0 Å². The highest BCUT2D eigenvalue weighted by Crippen LogP contribution is 2.30. The summed E-state index contributed by atoms with van der Waals surface area (Å²) in [5, 5.41) is 4.40. The van der Waals surface area contributed by atoms with Crippen molar-refractivity contribution in [3.05, 3.63) is 92.9 Å². The second-order valence-corrected chi connectivity index (χ2v) is 11.6. The normalized spacial score (nSPS) is 11.3. The van der Waals surface area contributed by atoms with E-state index in [2.05, 4.69) is 5.32 Å². The van der Waals surface area contributed by atoms with Gasteiger partial charge >= 0.3 is 0 Å². The Bertz CT molecular complexity index is 1260. The molecule has 1 amide bonds. The molecule has 1 N–H and O–H groups in total. The predicted octanol–water partition coefficient (Wildman–Crippen LogP) is 6.20.